The van der Waals surface area contributed by atoms with Gasteiger partial charge in [-0.15, -0.1) is 0 Å². The van der Waals surface area contributed by atoms with E-state index in [2.05, 4.69) is 0 Å². The molecule has 0 bridgehead atoms. The topological polar surface area (TPSA) is 49.7 Å². The lowest BCUT2D eigenvalue weighted by Gasteiger charge is -2.42. The molecule has 1 aliphatic rings. The van der Waals surface area contributed by atoms with E-state index in [9.17, 15) is 10.2 Å². The molecule has 0 aromatic rings. The quantitative estimate of drug-likeness (QED) is 0.647. The van der Waals surface area contributed by atoms with Crippen molar-refractivity contribution in [1.82, 2.24) is 0 Å². The van der Waals surface area contributed by atoms with Crippen molar-refractivity contribution in [2.45, 2.75) is 50.4 Å². The number of hydrogen-bond acceptors (Lipinski definition) is 3. The van der Waals surface area contributed by atoms with Gasteiger partial charge in [0.15, 0.2) is 0 Å². The van der Waals surface area contributed by atoms with Crippen LogP contribution < -0.4 is 0 Å². The van der Waals surface area contributed by atoms with E-state index in [-0.39, 0.29) is 0 Å². The van der Waals surface area contributed by atoms with Gasteiger partial charge in [0.05, 0.1) is 11.7 Å². The summed E-state index contributed by atoms with van der Waals surface area (Å²) >= 11 is 0. The van der Waals surface area contributed by atoms with Crippen LogP contribution in [0.15, 0.2) is 0 Å². The molecule has 3 unspecified atom stereocenters. The maximum absolute atomic E-state index is 9.71. The van der Waals surface area contributed by atoms with Gasteiger partial charge in [0, 0.05) is 7.11 Å². The summed E-state index contributed by atoms with van der Waals surface area (Å²) in [6.07, 6.45) is 1.88. The van der Waals surface area contributed by atoms with Gasteiger partial charge in [0.2, 0.25) is 0 Å². The molecular weight excluding hydrogens is 156 g/mol. The molecule has 3 heteroatoms. The molecule has 0 heterocycles. The fourth-order valence-corrected chi connectivity index (χ4v) is 2.02. The number of rotatable bonds is 2. The van der Waals surface area contributed by atoms with Crippen LogP contribution in [-0.4, -0.2) is 35.1 Å². The fraction of sp³-hybridized carbons (Fsp3) is 1.00. The maximum atomic E-state index is 9.71. The van der Waals surface area contributed by atoms with Gasteiger partial charge in [-0.25, -0.2) is 0 Å². The van der Waals surface area contributed by atoms with E-state index in [4.69, 9.17) is 4.74 Å². The summed E-state index contributed by atoms with van der Waals surface area (Å²) in [5.41, 5.74) is -0.502. The Kier molecular flexibility index (Phi) is 3.09. The second kappa shape index (κ2) is 3.73. The first-order valence-electron chi connectivity index (χ1n) is 4.57. The molecule has 0 aliphatic heterocycles. The van der Waals surface area contributed by atoms with Gasteiger partial charge >= 0.3 is 0 Å². The molecule has 12 heavy (non-hydrogen) atoms. The first-order chi connectivity index (χ1) is 5.66. The van der Waals surface area contributed by atoms with E-state index in [1.165, 1.54) is 0 Å². The number of aliphatic hydroxyl groups excluding tert-OH is 2. The monoisotopic (exact) mass is 174 g/mol. The Bertz CT molecular complexity index is 143. The van der Waals surface area contributed by atoms with Gasteiger partial charge < -0.3 is 14.9 Å². The van der Waals surface area contributed by atoms with Crippen LogP contribution in [0, 0.1) is 0 Å². The standard InChI is InChI=1S/C9H18O3/c1-3-9(12-2)6-4-5-7(10)8(9)11/h7-8,10-11H,3-6H2,1-2H3. The van der Waals surface area contributed by atoms with Crippen LogP contribution in [0.4, 0.5) is 0 Å². The Hall–Kier alpha value is -0.120. The molecule has 2 N–H and O–H groups in total. The van der Waals surface area contributed by atoms with Crippen molar-refractivity contribution in [1.29, 1.82) is 0 Å². The van der Waals surface area contributed by atoms with Crippen LogP contribution >= 0.6 is 0 Å². The van der Waals surface area contributed by atoms with E-state index >= 15 is 0 Å². The van der Waals surface area contributed by atoms with Crippen molar-refractivity contribution in [3.8, 4) is 0 Å². The normalized spacial score (nSPS) is 43.0. The van der Waals surface area contributed by atoms with Crippen LogP contribution in [0.3, 0.4) is 0 Å². The second-order valence-corrected chi connectivity index (χ2v) is 3.53. The molecule has 1 fully saturated rings. The molecule has 0 amide bonds. The maximum Gasteiger partial charge on any atom is 0.109 e. The lowest BCUT2D eigenvalue weighted by atomic mass is 9.78. The Labute approximate surface area is 73.4 Å². The van der Waals surface area contributed by atoms with E-state index in [1.54, 1.807) is 7.11 Å². The van der Waals surface area contributed by atoms with Gasteiger partial charge in [0.1, 0.15) is 6.10 Å². The average molecular weight is 174 g/mol. The van der Waals surface area contributed by atoms with E-state index in [1.807, 2.05) is 6.92 Å². The summed E-state index contributed by atoms with van der Waals surface area (Å²) in [6, 6.07) is 0. The van der Waals surface area contributed by atoms with E-state index < -0.39 is 17.8 Å². The number of aliphatic hydroxyl groups is 2. The number of hydrogen-bond donors (Lipinski definition) is 2. The zero-order chi connectivity index (χ0) is 9.19. The highest BCUT2D eigenvalue weighted by Crippen LogP contribution is 2.34. The third-order valence-corrected chi connectivity index (χ3v) is 3.01. The molecule has 0 aromatic heterocycles. The predicted octanol–water partition coefficient (Wildman–Crippen LogP) is 0.687. The lowest BCUT2D eigenvalue weighted by molar-refractivity contribution is -0.168. The predicted molar refractivity (Wildman–Crippen MR) is 45.9 cm³/mol. The Morgan fingerprint density at radius 2 is 2.17 bits per heavy atom. The molecule has 0 spiro atoms. The van der Waals surface area contributed by atoms with E-state index in [0.717, 1.165) is 19.3 Å². The van der Waals surface area contributed by atoms with Crippen molar-refractivity contribution in [3.05, 3.63) is 0 Å². The highest BCUT2D eigenvalue weighted by molar-refractivity contribution is 4.95. The van der Waals surface area contributed by atoms with Crippen LogP contribution in [-0.2, 0) is 4.74 Å². The minimum Gasteiger partial charge on any atom is -0.390 e. The Morgan fingerprint density at radius 3 is 2.58 bits per heavy atom. The number of methoxy groups -OCH3 is 1. The van der Waals surface area contributed by atoms with Crippen LogP contribution in [0.1, 0.15) is 32.6 Å². The van der Waals surface area contributed by atoms with Crippen molar-refractivity contribution >= 4 is 0 Å². The second-order valence-electron chi connectivity index (χ2n) is 3.53. The fourth-order valence-electron chi connectivity index (χ4n) is 2.02. The summed E-state index contributed by atoms with van der Waals surface area (Å²) in [5.74, 6) is 0. The molecule has 1 saturated carbocycles. The van der Waals surface area contributed by atoms with Crippen LogP contribution in [0.2, 0.25) is 0 Å². The smallest absolute Gasteiger partial charge is 0.109 e. The SMILES string of the molecule is CCC1(OC)CCCC(O)C1O. The van der Waals surface area contributed by atoms with Crippen LogP contribution in [0.25, 0.3) is 0 Å². The molecule has 3 nitrogen and oxygen atoms in total. The van der Waals surface area contributed by atoms with Crippen molar-refractivity contribution < 1.29 is 14.9 Å². The van der Waals surface area contributed by atoms with Crippen molar-refractivity contribution in [2.75, 3.05) is 7.11 Å². The first-order valence-corrected chi connectivity index (χ1v) is 4.57. The molecule has 1 aliphatic carbocycles. The van der Waals surface area contributed by atoms with Gasteiger partial charge in [-0.05, 0) is 25.7 Å². The van der Waals surface area contributed by atoms with E-state index in [0.29, 0.717) is 6.42 Å². The van der Waals surface area contributed by atoms with Gasteiger partial charge in [-0.1, -0.05) is 6.92 Å². The van der Waals surface area contributed by atoms with Crippen LogP contribution in [0.5, 0.6) is 0 Å². The number of ether oxygens (including phenoxy) is 1. The molecule has 0 saturated heterocycles. The van der Waals surface area contributed by atoms with Gasteiger partial charge in [-0.2, -0.15) is 0 Å². The minimum atomic E-state index is -0.721. The average Bonchev–Trinajstić information content (AvgIpc) is 2.11. The lowest BCUT2D eigenvalue weighted by Crippen LogP contribution is -2.53. The zero-order valence-corrected chi connectivity index (χ0v) is 7.79. The summed E-state index contributed by atoms with van der Waals surface area (Å²) in [4.78, 5) is 0. The summed E-state index contributed by atoms with van der Waals surface area (Å²) in [5, 5.41) is 19.2. The van der Waals surface area contributed by atoms with Gasteiger partial charge in [-0.3, -0.25) is 0 Å². The van der Waals surface area contributed by atoms with Crippen molar-refractivity contribution in [3.63, 3.8) is 0 Å². The third-order valence-electron chi connectivity index (χ3n) is 3.01. The minimum absolute atomic E-state index is 0.502. The molecular formula is C9H18O3. The Balaban J connectivity index is 2.71. The third kappa shape index (κ3) is 1.49. The molecule has 0 aromatic carbocycles. The van der Waals surface area contributed by atoms with Gasteiger partial charge in [0.25, 0.3) is 0 Å². The summed E-state index contributed by atoms with van der Waals surface area (Å²) in [6.45, 7) is 1.98. The molecule has 1 rings (SSSR count). The zero-order valence-electron chi connectivity index (χ0n) is 7.79. The Morgan fingerprint density at radius 1 is 1.50 bits per heavy atom. The first kappa shape index (κ1) is 9.96. The molecule has 0 radical (unpaired) electrons. The highest BCUT2D eigenvalue weighted by Gasteiger charge is 2.43. The summed E-state index contributed by atoms with van der Waals surface area (Å²) in [7, 11) is 1.60. The largest absolute Gasteiger partial charge is 0.390 e. The summed E-state index contributed by atoms with van der Waals surface area (Å²) < 4.78 is 5.30. The molecule has 72 valence electrons. The van der Waals surface area contributed by atoms with Crippen molar-refractivity contribution in [2.24, 2.45) is 0 Å². The highest BCUT2D eigenvalue weighted by atomic mass is 16.5. The molecule has 3 atom stereocenters.